The molecule has 0 aliphatic carbocycles. The highest BCUT2D eigenvalue weighted by atomic mass is 79.9. The molecule has 1 rings (SSSR count). The Morgan fingerprint density at radius 1 is 1.50 bits per heavy atom. The summed E-state index contributed by atoms with van der Waals surface area (Å²) in [5, 5.41) is 0. The highest BCUT2D eigenvalue weighted by molar-refractivity contribution is 9.10. The zero-order valence-electron chi connectivity index (χ0n) is 11.1. The van der Waals surface area contributed by atoms with Gasteiger partial charge in [-0.2, -0.15) is 0 Å². The van der Waals surface area contributed by atoms with Gasteiger partial charge in [0, 0.05) is 24.5 Å². The van der Waals surface area contributed by atoms with Gasteiger partial charge in [0.15, 0.2) is 11.6 Å². The molecule has 110 valence electrons. The predicted octanol–water partition coefficient (Wildman–Crippen LogP) is 2.49. The van der Waals surface area contributed by atoms with Crippen LogP contribution in [0.1, 0.15) is 12.8 Å². The normalized spacial score (nSPS) is 10.2. The molecule has 0 aromatic heterocycles. The first-order valence-electron chi connectivity index (χ1n) is 6.00. The fourth-order valence-corrected chi connectivity index (χ4v) is 1.86. The minimum absolute atomic E-state index is 0.0984. The number of hydrogen-bond acceptors (Lipinski definition) is 3. The molecule has 0 unspecified atom stereocenters. The minimum Gasteiger partial charge on any atom is -0.490 e. The van der Waals surface area contributed by atoms with Crippen LogP contribution in [-0.2, 0) is 4.79 Å². The number of hydrogen-bond donors (Lipinski definition) is 1. The third kappa shape index (κ3) is 5.83. The second-order valence-electron chi connectivity index (χ2n) is 4.20. The number of amides is 1. The maximum atomic E-state index is 13.5. The van der Waals surface area contributed by atoms with E-state index in [4.69, 9.17) is 22.7 Å². The van der Waals surface area contributed by atoms with Gasteiger partial charge in [-0.15, -0.1) is 0 Å². The fourth-order valence-electron chi connectivity index (χ4n) is 1.43. The number of halogens is 2. The van der Waals surface area contributed by atoms with Crippen LogP contribution in [0.3, 0.4) is 0 Å². The average Bonchev–Trinajstić information content (AvgIpc) is 2.38. The van der Waals surface area contributed by atoms with E-state index in [1.165, 1.54) is 17.0 Å². The van der Waals surface area contributed by atoms with Crippen LogP contribution in [-0.4, -0.2) is 36.0 Å². The quantitative estimate of drug-likeness (QED) is 0.757. The number of rotatable bonds is 7. The topological polar surface area (TPSA) is 55.6 Å². The first kappa shape index (κ1) is 16.8. The first-order chi connectivity index (χ1) is 9.40. The van der Waals surface area contributed by atoms with Gasteiger partial charge in [0.1, 0.15) is 0 Å². The first-order valence-corrected chi connectivity index (χ1v) is 7.20. The molecule has 0 aliphatic rings. The molecule has 0 atom stereocenters. The highest BCUT2D eigenvalue weighted by Crippen LogP contribution is 2.21. The number of nitrogens with zero attached hydrogens (tertiary/aromatic N) is 1. The standard InChI is InChI=1S/C13H16BrFN2O2S/c1-17(6-4-12(16)20)13(18)5-7-19-11-3-2-9(14)8-10(11)15/h2-3,8H,4-7H2,1H3,(H2,16,20). The largest absolute Gasteiger partial charge is 0.490 e. The summed E-state index contributed by atoms with van der Waals surface area (Å²) in [4.78, 5) is 13.6. The van der Waals surface area contributed by atoms with E-state index in [-0.39, 0.29) is 24.7 Å². The van der Waals surface area contributed by atoms with E-state index in [0.717, 1.165) is 0 Å². The van der Waals surface area contributed by atoms with E-state index < -0.39 is 5.82 Å². The van der Waals surface area contributed by atoms with Crippen molar-refractivity contribution in [2.75, 3.05) is 20.2 Å². The van der Waals surface area contributed by atoms with Crippen molar-refractivity contribution in [3.05, 3.63) is 28.5 Å². The summed E-state index contributed by atoms with van der Waals surface area (Å²) < 4.78 is 19.3. The highest BCUT2D eigenvalue weighted by Gasteiger charge is 2.10. The van der Waals surface area contributed by atoms with Gasteiger partial charge >= 0.3 is 0 Å². The van der Waals surface area contributed by atoms with Crippen LogP contribution < -0.4 is 10.5 Å². The molecule has 0 fully saturated rings. The fraction of sp³-hybridized carbons (Fsp3) is 0.385. The molecule has 1 aromatic carbocycles. The van der Waals surface area contributed by atoms with Crippen LogP contribution in [0.2, 0.25) is 0 Å². The van der Waals surface area contributed by atoms with E-state index in [9.17, 15) is 9.18 Å². The van der Waals surface area contributed by atoms with Crippen molar-refractivity contribution >= 4 is 39.0 Å². The zero-order valence-corrected chi connectivity index (χ0v) is 13.5. The number of carbonyl (C=O) groups is 1. The summed E-state index contributed by atoms with van der Waals surface area (Å²) in [6.07, 6.45) is 0.656. The second kappa shape index (κ2) is 8.16. The van der Waals surface area contributed by atoms with Crippen molar-refractivity contribution in [3.8, 4) is 5.75 Å². The van der Waals surface area contributed by atoms with Crippen LogP contribution in [0.5, 0.6) is 5.75 Å². The SMILES string of the molecule is CN(CCC(N)=S)C(=O)CCOc1ccc(Br)cc1F. The van der Waals surface area contributed by atoms with Crippen molar-refractivity contribution in [3.63, 3.8) is 0 Å². The monoisotopic (exact) mass is 362 g/mol. The molecule has 0 saturated carbocycles. The van der Waals surface area contributed by atoms with Crippen LogP contribution >= 0.6 is 28.1 Å². The van der Waals surface area contributed by atoms with Gasteiger partial charge in [0.2, 0.25) is 5.91 Å². The van der Waals surface area contributed by atoms with E-state index in [1.807, 2.05) is 0 Å². The molecule has 0 heterocycles. The molecule has 7 heteroatoms. The number of thiocarbonyl (C=S) groups is 1. The average molecular weight is 363 g/mol. The predicted molar refractivity (Wildman–Crippen MR) is 83.3 cm³/mol. The van der Waals surface area contributed by atoms with E-state index in [0.29, 0.717) is 22.4 Å². The summed E-state index contributed by atoms with van der Waals surface area (Å²) in [5.41, 5.74) is 5.37. The summed E-state index contributed by atoms with van der Waals surface area (Å²) in [5.74, 6) is -0.431. The van der Waals surface area contributed by atoms with Crippen molar-refractivity contribution in [1.29, 1.82) is 0 Å². The molecule has 1 aromatic rings. The molecule has 0 spiro atoms. The van der Waals surface area contributed by atoms with Crippen LogP contribution in [0.15, 0.2) is 22.7 Å². The van der Waals surface area contributed by atoms with E-state index >= 15 is 0 Å². The number of carbonyl (C=O) groups excluding carboxylic acids is 1. The summed E-state index contributed by atoms with van der Waals surface area (Å²) in [6.45, 7) is 0.593. The number of nitrogens with two attached hydrogens (primary N) is 1. The van der Waals surface area contributed by atoms with Crippen LogP contribution in [0.4, 0.5) is 4.39 Å². The lowest BCUT2D eigenvalue weighted by molar-refractivity contribution is -0.130. The molecule has 1 amide bonds. The molecule has 4 nitrogen and oxygen atoms in total. The van der Waals surface area contributed by atoms with Crippen molar-refractivity contribution in [1.82, 2.24) is 4.90 Å². The van der Waals surface area contributed by atoms with E-state index in [2.05, 4.69) is 15.9 Å². The molecule has 0 bridgehead atoms. The van der Waals surface area contributed by atoms with Crippen molar-refractivity contribution in [2.24, 2.45) is 5.73 Å². The molecular formula is C13H16BrFN2O2S. The Labute approximate surface area is 131 Å². The Morgan fingerprint density at radius 2 is 2.20 bits per heavy atom. The molecule has 0 radical (unpaired) electrons. The van der Waals surface area contributed by atoms with Crippen molar-refractivity contribution < 1.29 is 13.9 Å². The summed E-state index contributed by atoms with van der Waals surface area (Å²) >= 11 is 7.90. The lowest BCUT2D eigenvalue weighted by Crippen LogP contribution is -2.30. The smallest absolute Gasteiger partial charge is 0.225 e. The molecule has 20 heavy (non-hydrogen) atoms. The van der Waals surface area contributed by atoms with Gasteiger partial charge in [-0.1, -0.05) is 28.1 Å². The Morgan fingerprint density at radius 3 is 2.80 bits per heavy atom. The van der Waals surface area contributed by atoms with Crippen LogP contribution in [0, 0.1) is 5.82 Å². The Hall–Kier alpha value is -1.21. The van der Waals surface area contributed by atoms with Crippen LogP contribution in [0.25, 0.3) is 0 Å². The number of ether oxygens (including phenoxy) is 1. The molecule has 2 N–H and O–H groups in total. The third-order valence-electron chi connectivity index (χ3n) is 2.59. The molecular weight excluding hydrogens is 347 g/mol. The lowest BCUT2D eigenvalue weighted by Gasteiger charge is -2.17. The second-order valence-corrected chi connectivity index (χ2v) is 5.64. The van der Waals surface area contributed by atoms with Gasteiger partial charge in [0.05, 0.1) is 18.0 Å². The zero-order chi connectivity index (χ0) is 15.1. The maximum absolute atomic E-state index is 13.5. The number of benzene rings is 1. The third-order valence-corrected chi connectivity index (χ3v) is 3.28. The van der Waals surface area contributed by atoms with Gasteiger partial charge in [-0.3, -0.25) is 4.79 Å². The molecule has 0 aliphatic heterocycles. The lowest BCUT2D eigenvalue weighted by atomic mass is 10.3. The van der Waals surface area contributed by atoms with Gasteiger partial charge in [0.25, 0.3) is 0 Å². The van der Waals surface area contributed by atoms with Crippen molar-refractivity contribution in [2.45, 2.75) is 12.8 Å². The van der Waals surface area contributed by atoms with Gasteiger partial charge in [-0.25, -0.2) is 4.39 Å². The summed E-state index contributed by atoms with van der Waals surface area (Å²) in [7, 11) is 1.67. The Bertz CT molecular complexity index is 499. The van der Waals surface area contributed by atoms with E-state index in [1.54, 1.807) is 13.1 Å². The summed E-state index contributed by atoms with van der Waals surface area (Å²) in [6, 6.07) is 4.50. The van der Waals surface area contributed by atoms with Gasteiger partial charge < -0.3 is 15.4 Å². The van der Waals surface area contributed by atoms with Gasteiger partial charge in [-0.05, 0) is 18.2 Å². The maximum Gasteiger partial charge on any atom is 0.225 e. The molecule has 0 saturated heterocycles. The Kier molecular flexibility index (Phi) is 6.87. The Balaban J connectivity index is 2.36. The minimum atomic E-state index is -0.464.